The van der Waals surface area contributed by atoms with E-state index in [1.54, 1.807) is 0 Å². The number of aliphatic hydroxyl groups is 1. The monoisotopic (exact) mass is 301 g/mol. The van der Waals surface area contributed by atoms with Crippen LogP contribution in [0.2, 0.25) is 0 Å². The summed E-state index contributed by atoms with van der Waals surface area (Å²) < 4.78 is 0. The minimum absolute atomic E-state index is 0. The molecule has 4 N–H and O–H groups in total. The Balaban J connectivity index is 0. The predicted octanol–water partition coefficient (Wildman–Crippen LogP) is 6.79. The number of hydrogen-bond donors (Lipinski definition) is 2. The lowest BCUT2D eigenvalue weighted by atomic mass is 10.0. The van der Waals surface area contributed by atoms with E-state index in [9.17, 15) is 0 Å². The summed E-state index contributed by atoms with van der Waals surface area (Å²) >= 11 is 0. The molecule has 0 bridgehead atoms. The zero-order valence-corrected chi connectivity index (χ0v) is 14.9. The molecule has 0 aromatic heterocycles. The van der Waals surface area contributed by atoms with Crippen LogP contribution in [0.5, 0.6) is 0 Å². The topological polar surface area (TPSA) is 55.2 Å². The second-order valence-electron chi connectivity index (χ2n) is 6.38. The second-order valence-corrected chi connectivity index (χ2v) is 6.38. The van der Waals surface area contributed by atoms with Gasteiger partial charge in [0.25, 0.3) is 0 Å². The van der Waals surface area contributed by atoms with E-state index in [-0.39, 0.29) is 6.15 Å². The van der Waals surface area contributed by atoms with Gasteiger partial charge in [0, 0.05) is 6.61 Å². The summed E-state index contributed by atoms with van der Waals surface area (Å²) in [6.45, 7) is 2.66. The van der Waals surface area contributed by atoms with Gasteiger partial charge in [0.15, 0.2) is 0 Å². The summed E-state index contributed by atoms with van der Waals surface area (Å²) in [4.78, 5) is 0. The van der Waals surface area contributed by atoms with E-state index in [1.807, 2.05) is 0 Å². The van der Waals surface area contributed by atoms with Gasteiger partial charge in [0.2, 0.25) is 0 Å². The highest BCUT2D eigenvalue weighted by molar-refractivity contribution is 4.49. The molecule has 0 heterocycles. The molecule has 0 aromatic rings. The number of rotatable bonds is 17. The fourth-order valence-electron chi connectivity index (χ4n) is 2.84. The van der Waals surface area contributed by atoms with Crippen molar-refractivity contribution >= 4 is 0 Å². The molecule has 0 radical (unpaired) electrons. The van der Waals surface area contributed by atoms with Gasteiger partial charge in [-0.05, 0) is 6.42 Å². The van der Waals surface area contributed by atoms with Gasteiger partial charge in [-0.25, -0.2) is 0 Å². The van der Waals surface area contributed by atoms with E-state index in [0.29, 0.717) is 6.61 Å². The minimum atomic E-state index is 0. The molecular weight excluding hydrogens is 258 g/mol. The molecule has 0 aliphatic heterocycles. The molecule has 0 amide bonds. The molecule has 0 aliphatic carbocycles. The van der Waals surface area contributed by atoms with E-state index in [0.717, 1.165) is 6.42 Å². The van der Waals surface area contributed by atoms with Crippen LogP contribution in [0.1, 0.15) is 116 Å². The van der Waals surface area contributed by atoms with Gasteiger partial charge in [0.1, 0.15) is 0 Å². The Labute approximate surface area is 134 Å². The third-order valence-electron chi connectivity index (χ3n) is 4.26. The molecule has 21 heavy (non-hydrogen) atoms. The molecule has 2 heteroatoms. The highest BCUT2D eigenvalue weighted by atomic mass is 16.2. The van der Waals surface area contributed by atoms with Crippen LogP contribution in [0.4, 0.5) is 0 Å². The fraction of sp³-hybridized carbons (Fsp3) is 1.00. The Morgan fingerprint density at radius 1 is 0.429 bits per heavy atom. The van der Waals surface area contributed by atoms with Crippen molar-refractivity contribution in [2.24, 2.45) is 0 Å². The van der Waals surface area contributed by atoms with Crippen molar-refractivity contribution in [3.05, 3.63) is 0 Å². The van der Waals surface area contributed by atoms with Gasteiger partial charge in [-0.1, -0.05) is 110 Å². The van der Waals surface area contributed by atoms with Crippen LogP contribution < -0.4 is 6.15 Å². The zero-order chi connectivity index (χ0) is 14.7. The summed E-state index contributed by atoms with van der Waals surface area (Å²) in [5.74, 6) is 0. The largest absolute Gasteiger partial charge is 0.396 e. The van der Waals surface area contributed by atoms with Crippen LogP contribution in [0, 0.1) is 0 Å². The van der Waals surface area contributed by atoms with E-state index >= 15 is 0 Å². The van der Waals surface area contributed by atoms with Gasteiger partial charge < -0.3 is 11.3 Å². The first-order valence-corrected chi connectivity index (χ1v) is 9.52. The molecule has 0 rings (SSSR count). The maximum Gasteiger partial charge on any atom is 0.0431 e. The molecule has 0 unspecified atom stereocenters. The Morgan fingerprint density at radius 2 is 0.667 bits per heavy atom. The predicted molar refractivity (Wildman–Crippen MR) is 96.3 cm³/mol. The van der Waals surface area contributed by atoms with Crippen LogP contribution >= 0.6 is 0 Å². The fourth-order valence-corrected chi connectivity index (χ4v) is 2.84. The summed E-state index contributed by atoms with van der Waals surface area (Å²) in [6.07, 6.45) is 23.7. The maximum atomic E-state index is 8.68. The van der Waals surface area contributed by atoms with Gasteiger partial charge in [-0.15, -0.1) is 0 Å². The van der Waals surface area contributed by atoms with Crippen LogP contribution in [0.25, 0.3) is 0 Å². The normalized spacial score (nSPS) is 10.6. The van der Waals surface area contributed by atoms with Crippen molar-refractivity contribution in [3.63, 3.8) is 0 Å². The smallest absolute Gasteiger partial charge is 0.0431 e. The number of aliphatic hydroxyl groups excluding tert-OH is 1. The second kappa shape index (κ2) is 22.2. The van der Waals surface area contributed by atoms with Crippen molar-refractivity contribution in [2.45, 2.75) is 116 Å². The van der Waals surface area contributed by atoms with Crippen molar-refractivity contribution in [3.8, 4) is 0 Å². The lowest BCUT2D eigenvalue weighted by Gasteiger charge is -2.03. The zero-order valence-electron chi connectivity index (χ0n) is 14.9. The molecule has 0 aliphatic rings. The Morgan fingerprint density at radius 3 is 0.905 bits per heavy atom. The highest BCUT2D eigenvalue weighted by Crippen LogP contribution is 2.13. The molecule has 0 fully saturated rings. The van der Waals surface area contributed by atoms with Crippen molar-refractivity contribution < 1.29 is 5.11 Å². The van der Waals surface area contributed by atoms with E-state index in [2.05, 4.69) is 6.92 Å². The summed E-state index contributed by atoms with van der Waals surface area (Å²) in [7, 11) is 0. The summed E-state index contributed by atoms with van der Waals surface area (Å²) in [6, 6.07) is 0. The SMILES string of the molecule is CCCCCCCCCCCCCCCCCCCO.N. The summed E-state index contributed by atoms with van der Waals surface area (Å²) in [5, 5.41) is 8.68. The molecule has 0 saturated carbocycles. The molecule has 2 nitrogen and oxygen atoms in total. The Hall–Kier alpha value is -0.0800. The maximum absolute atomic E-state index is 8.68. The first-order chi connectivity index (χ1) is 9.91. The van der Waals surface area contributed by atoms with Gasteiger partial charge in [0.05, 0.1) is 0 Å². The van der Waals surface area contributed by atoms with Crippen molar-refractivity contribution in [2.75, 3.05) is 6.61 Å². The van der Waals surface area contributed by atoms with E-state index in [1.165, 1.54) is 103 Å². The van der Waals surface area contributed by atoms with Crippen LogP contribution in [0.3, 0.4) is 0 Å². The molecule has 130 valence electrons. The van der Waals surface area contributed by atoms with E-state index in [4.69, 9.17) is 5.11 Å². The lowest BCUT2D eigenvalue weighted by molar-refractivity contribution is 0.282. The van der Waals surface area contributed by atoms with Crippen LogP contribution in [-0.2, 0) is 0 Å². The average Bonchev–Trinajstić information content (AvgIpc) is 2.47. The molecule has 0 saturated heterocycles. The molecule has 0 atom stereocenters. The molecule has 0 spiro atoms. The standard InChI is InChI=1S/C19H40O.H3N/c1-2-3-4-5-6-7-8-9-10-11-12-13-14-15-16-17-18-19-20;/h20H,2-19H2,1H3;1H3. The van der Waals surface area contributed by atoms with Gasteiger partial charge in [-0.3, -0.25) is 0 Å². The van der Waals surface area contributed by atoms with Crippen molar-refractivity contribution in [1.82, 2.24) is 6.15 Å². The summed E-state index contributed by atoms with van der Waals surface area (Å²) in [5.41, 5.74) is 0. The minimum Gasteiger partial charge on any atom is -0.396 e. The average molecular weight is 302 g/mol. The molecular formula is C19H43NO. The number of unbranched alkanes of at least 4 members (excludes halogenated alkanes) is 16. The van der Waals surface area contributed by atoms with Crippen molar-refractivity contribution in [1.29, 1.82) is 0 Å². The van der Waals surface area contributed by atoms with Crippen LogP contribution in [0.15, 0.2) is 0 Å². The quantitative estimate of drug-likeness (QED) is 0.290. The van der Waals surface area contributed by atoms with Gasteiger partial charge in [-0.2, -0.15) is 0 Å². The third kappa shape index (κ3) is 22.3. The van der Waals surface area contributed by atoms with Gasteiger partial charge >= 0.3 is 0 Å². The Bertz CT molecular complexity index is 144. The first-order valence-electron chi connectivity index (χ1n) is 9.52. The lowest BCUT2D eigenvalue weighted by Crippen LogP contribution is -1.85. The van der Waals surface area contributed by atoms with Crippen LogP contribution in [-0.4, -0.2) is 11.7 Å². The number of hydrogen-bond acceptors (Lipinski definition) is 2. The third-order valence-corrected chi connectivity index (χ3v) is 4.26. The Kier molecular flexibility index (Phi) is 24.5. The van der Waals surface area contributed by atoms with E-state index < -0.39 is 0 Å². The molecule has 0 aromatic carbocycles. The highest BCUT2D eigenvalue weighted by Gasteiger charge is 1.94. The first kappa shape index (κ1) is 23.2.